The number of ether oxygens (including phenoxy) is 2. The summed E-state index contributed by atoms with van der Waals surface area (Å²) in [5, 5.41) is 4.39. The van der Waals surface area contributed by atoms with Crippen LogP contribution in [-0.2, 0) is 20.0 Å². The van der Waals surface area contributed by atoms with Crippen molar-refractivity contribution in [2.45, 2.75) is 9.10 Å². The maximum absolute atomic E-state index is 12.9. The molecule has 4 aromatic rings. The van der Waals surface area contributed by atoms with E-state index in [0.29, 0.717) is 28.4 Å². The van der Waals surface area contributed by atoms with Gasteiger partial charge in [0.15, 0.2) is 0 Å². The van der Waals surface area contributed by atoms with Gasteiger partial charge in [-0.05, 0) is 72.1 Å². The Morgan fingerprint density at radius 3 is 2.15 bits per heavy atom. The van der Waals surface area contributed by atoms with Crippen LogP contribution in [0.1, 0.15) is 10.4 Å². The van der Waals surface area contributed by atoms with Crippen LogP contribution >= 0.6 is 11.3 Å². The van der Waals surface area contributed by atoms with Crippen LogP contribution in [-0.4, -0.2) is 44.0 Å². The molecule has 1 heterocycles. The van der Waals surface area contributed by atoms with E-state index in [2.05, 4.69) is 10.0 Å². The number of hydrogen-bond acceptors (Lipinski definition) is 8. The molecule has 39 heavy (non-hydrogen) atoms. The van der Waals surface area contributed by atoms with Gasteiger partial charge in [0.25, 0.3) is 26.0 Å². The molecule has 0 fully saturated rings. The minimum absolute atomic E-state index is 0.0160. The highest BCUT2D eigenvalue weighted by atomic mass is 32.2. The second kappa shape index (κ2) is 11.4. The SMILES string of the molecule is COc1ccc(NS(=O)(=O)c2ccc(NC(=O)c3ccc(N(C)S(=O)(=O)c4cccs4)cc3)cc2)c(OC)c1. The molecule has 3 aromatic carbocycles. The van der Waals surface area contributed by atoms with Gasteiger partial charge in [-0.15, -0.1) is 11.3 Å². The standard InChI is InChI=1S/C26H25N3O7S3/c1-29(39(33,34)25-5-4-16-37-25)20-10-6-18(7-11-20)26(30)27-19-8-13-22(14-9-19)38(31,32)28-23-15-12-21(35-2)17-24(23)36-3/h4-17,28H,1-3H3,(H,27,30). The lowest BCUT2D eigenvalue weighted by molar-refractivity contribution is 0.102. The first-order valence-electron chi connectivity index (χ1n) is 11.3. The number of thiophene rings is 1. The Bertz CT molecular complexity index is 1670. The summed E-state index contributed by atoms with van der Waals surface area (Å²) in [5.74, 6) is 0.366. The number of sulfonamides is 2. The molecule has 0 atom stereocenters. The zero-order valence-electron chi connectivity index (χ0n) is 21.1. The maximum atomic E-state index is 12.9. The normalized spacial score (nSPS) is 11.5. The van der Waals surface area contributed by atoms with Crippen LogP contribution in [0, 0.1) is 0 Å². The van der Waals surface area contributed by atoms with E-state index < -0.39 is 26.0 Å². The third-order valence-electron chi connectivity index (χ3n) is 5.68. The van der Waals surface area contributed by atoms with Crippen molar-refractivity contribution in [3.05, 3.63) is 89.8 Å². The fourth-order valence-corrected chi connectivity index (χ4v) is 6.94. The minimum atomic E-state index is -3.94. The molecule has 0 aliphatic heterocycles. The molecule has 204 valence electrons. The molecule has 0 saturated heterocycles. The number of carbonyl (C=O) groups excluding carboxylic acids is 1. The molecule has 0 aliphatic rings. The molecule has 0 aliphatic carbocycles. The quantitative estimate of drug-likeness (QED) is 0.276. The van der Waals surface area contributed by atoms with E-state index in [1.54, 1.807) is 23.6 Å². The molecule has 1 aromatic heterocycles. The highest BCUT2D eigenvalue weighted by molar-refractivity contribution is 7.94. The smallest absolute Gasteiger partial charge is 0.273 e. The van der Waals surface area contributed by atoms with Crippen molar-refractivity contribution in [2.75, 3.05) is 35.6 Å². The van der Waals surface area contributed by atoms with E-state index in [9.17, 15) is 21.6 Å². The Labute approximate surface area is 230 Å². The summed E-state index contributed by atoms with van der Waals surface area (Å²) in [5.41, 5.74) is 1.32. The molecular formula is C26H25N3O7S3. The maximum Gasteiger partial charge on any atom is 0.273 e. The number of rotatable bonds is 10. The average molecular weight is 588 g/mol. The Morgan fingerprint density at radius 2 is 1.56 bits per heavy atom. The average Bonchev–Trinajstić information content (AvgIpc) is 3.49. The third kappa shape index (κ3) is 6.16. The predicted molar refractivity (Wildman–Crippen MR) is 151 cm³/mol. The molecule has 0 saturated carbocycles. The van der Waals surface area contributed by atoms with Crippen molar-refractivity contribution in [1.82, 2.24) is 0 Å². The topological polar surface area (TPSA) is 131 Å². The van der Waals surface area contributed by atoms with Gasteiger partial charge in [-0.1, -0.05) is 6.07 Å². The largest absolute Gasteiger partial charge is 0.497 e. The monoisotopic (exact) mass is 587 g/mol. The molecule has 0 spiro atoms. The number of carbonyl (C=O) groups is 1. The van der Waals surface area contributed by atoms with Gasteiger partial charge in [-0.2, -0.15) is 0 Å². The van der Waals surface area contributed by atoms with E-state index in [1.165, 1.54) is 81.9 Å². The molecule has 0 radical (unpaired) electrons. The van der Waals surface area contributed by atoms with Gasteiger partial charge in [0, 0.05) is 24.4 Å². The fourth-order valence-electron chi connectivity index (χ4n) is 3.51. The highest BCUT2D eigenvalue weighted by Gasteiger charge is 2.22. The second-order valence-corrected chi connectivity index (χ2v) is 12.9. The molecule has 10 nitrogen and oxygen atoms in total. The summed E-state index contributed by atoms with van der Waals surface area (Å²) in [7, 11) is -3.27. The predicted octanol–water partition coefficient (Wildman–Crippen LogP) is 4.64. The fraction of sp³-hybridized carbons (Fsp3) is 0.115. The molecule has 0 unspecified atom stereocenters. The number of anilines is 3. The molecular weight excluding hydrogens is 563 g/mol. The molecule has 2 N–H and O–H groups in total. The molecule has 1 amide bonds. The van der Waals surface area contributed by atoms with E-state index in [1.807, 2.05) is 0 Å². The summed E-state index contributed by atoms with van der Waals surface area (Å²) in [6.07, 6.45) is 0. The summed E-state index contributed by atoms with van der Waals surface area (Å²) in [6, 6.07) is 19.6. The zero-order chi connectivity index (χ0) is 28.2. The van der Waals surface area contributed by atoms with Crippen LogP contribution < -0.4 is 23.8 Å². The van der Waals surface area contributed by atoms with E-state index in [4.69, 9.17) is 9.47 Å². The van der Waals surface area contributed by atoms with Gasteiger partial charge in [0.2, 0.25) is 0 Å². The zero-order valence-corrected chi connectivity index (χ0v) is 23.6. The molecule has 0 bridgehead atoms. The number of methoxy groups -OCH3 is 2. The number of hydrogen-bond donors (Lipinski definition) is 2. The first kappa shape index (κ1) is 28.0. The van der Waals surface area contributed by atoms with Crippen LogP contribution in [0.2, 0.25) is 0 Å². The van der Waals surface area contributed by atoms with E-state index in [-0.39, 0.29) is 14.8 Å². The van der Waals surface area contributed by atoms with E-state index in [0.717, 1.165) is 15.6 Å². The van der Waals surface area contributed by atoms with Crippen molar-refractivity contribution in [3.63, 3.8) is 0 Å². The summed E-state index contributed by atoms with van der Waals surface area (Å²) >= 11 is 1.12. The Hall–Kier alpha value is -4.07. The lowest BCUT2D eigenvalue weighted by Crippen LogP contribution is -2.25. The first-order valence-corrected chi connectivity index (χ1v) is 15.1. The summed E-state index contributed by atoms with van der Waals surface area (Å²) in [4.78, 5) is 12.7. The van der Waals surface area contributed by atoms with Gasteiger partial charge in [0.1, 0.15) is 15.7 Å². The van der Waals surface area contributed by atoms with Crippen LogP contribution in [0.3, 0.4) is 0 Å². The Kier molecular flexibility index (Phi) is 8.14. The number of benzene rings is 3. The number of amides is 1. The van der Waals surface area contributed by atoms with Crippen molar-refractivity contribution < 1.29 is 31.1 Å². The van der Waals surface area contributed by atoms with Crippen LogP contribution in [0.15, 0.2) is 93.3 Å². The van der Waals surface area contributed by atoms with Crippen LogP contribution in [0.5, 0.6) is 11.5 Å². The van der Waals surface area contributed by atoms with E-state index >= 15 is 0 Å². The molecule has 4 rings (SSSR count). The van der Waals surface area contributed by atoms with Crippen molar-refractivity contribution in [2.24, 2.45) is 0 Å². The molecule has 13 heteroatoms. The lowest BCUT2D eigenvalue weighted by Gasteiger charge is -2.18. The summed E-state index contributed by atoms with van der Waals surface area (Å²) in [6.45, 7) is 0. The van der Waals surface area contributed by atoms with Gasteiger partial charge in [-0.3, -0.25) is 13.8 Å². The van der Waals surface area contributed by atoms with Gasteiger partial charge >= 0.3 is 0 Å². The Morgan fingerprint density at radius 1 is 0.872 bits per heavy atom. The summed E-state index contributed by atoms with van der Waals surface area (Å²) < 4.78 is 65.4. The first-order chi connectivity index (χ1) is 18.5. The van der Waals surface area contributed by atoms with Crippen molar-refractivity contribution >= 4 is 54.4 Å². The third-order valence-corrected chi connectivity index (χ3v) is 10.2. The Balaban J connectivity index is 1.43. The lowest BCUT2D eigenvalue weighted by atomic mass is 10.2. The van der Waals surface area contributed by atoms with Gasteiger partial charge < -0.3 is 14.8 Å². The van der Waals surface area contributed by atoms with Gasteiger partial charge in [-0.25, -0.2) is 16.8 Å². The highest BCUT2D eigenvalue weighted by Crippen LogP contribution is 2.31. The number of nitrogens with zero attached hydrogens (tertiary/aromatic N) is 1. The van der Waals surface area contributed by atoms with Crippen molar-refractivity contribution in [1.29, 1.82) is 0 Å². The van der Waals surface area contributed by atoms with Gasteiger partial charge in [0.05, 0.1) is 30.5 Å². The van der Waals surface area contributed by atoms with Crippen LogP contribution in [0.25, 0.3) is 0 Å². The minimum Gasteiger partial charge on any atom is -0.497 e. The van der Waals surface area contributed by atoms with Crippen molar-refractivity contribution in [3.8, 4) is 11.5 Å². The van der Waals surface area contributed by atoms with Crippen LogP contribution in [0.4, 0.5) is 17.1 Å². The second-order valence-electron chi connectivity index (χ2n) is 8.10. The number of nitrogens with one attached hydrogen (secondary N) is 2.